The van der Waals surface area contributed by atoms with E-state index in [1.807, 2.05) is 12.1 Å². The average molecular weight is 689 g/mol. The molecule has 11 aromatic rings. The van der Waals surface area contributed by atoms with Gasteiger partial charge >= 0.3 is 0 Å². The number of para-hydroxylation sites is 1. The van der Waals surface area contributed by atoms with Crippen molar-refractivity contribution in [2.45, 2.75) is 12.8 Å². The van der Waals surface area contributed by atoms with Crippen molar-refractivity contribution in [1.29, 1.82) is 0 Å². The second-order valence-electron chi connectivity index (χ2n) is 14.7. The lowest BCUT2D eigenvalue weighted by molar-refractivity contribution is 0.668. The van der Waals surface area contributed by atoms with Crippen LogP contribution in [0.4, 0.5) is 0 Å². The van der Waals surface area contributed by atoms with Gasteiger partial charge in [0.15, 0.2) is 0 Å². The fourth-order valence-electron chi connectivity index (χ4n) is 9.23. The number of benzene rings is 9. The zero-order chi connectivity index (χ0) is 35.3. The summed E-state index contributed by atoms with van der Waals surface area (Å²) >= 11 is 0. The number of hydrogen-bond acceptors (Lipinski definition) is 2. The Morgan fingerprint density at radius 3 is 1.80 bits per heavy atom. The third-order valence-electron chi connectivity index (χ3n) is 11.7. The minimum absolute atomic E-state index is 0.902. The molecule has 0 aliphatic heterocycles. The molecule has 0 saturated carbocycles. The lowest BCUT2D eigenvalue weighted by Gasteiger charge is -2.21. The van der Waals surface area contributed by atoms with Gasteiger partial charge in [0, 0.05) is 21.5 Å². The second kappa shape index (κ2) is 11.3. The molecule has 0 radical (unpaired) electrons. The smallest absolute Gasteiger partial charge is 0.136 e. The van der Waals surface area contributed by atoms with Crippen LogP contribution in [0.3, 0.4) is 0 Å². The zero-order valence-corrected chi connectivity index (χ0v) is 29.4. The summed E-state index contributed by atoms with van der Waals surface area (Å²) in [6.07, 6.45) is 6.81. The van der Waals surface area contributed by atoms with E-state index in [0.717, 1.165) is 62.1 Å². The van der Waals surface area contributed by atoms with Crippen molar-refractivity contribution in [3.05, 3.63) is 181 Å². The van der Waals surface area contributed by atoms with E-state index in [1.54, 1.807) is 0 Å². The molecule has 54 heavy (non-hydrogen) atoms. The van der Waals surface area contributed by atoms with Crippen molar-refractivity contribution >= 4 is 98.1 Å². The highest BCUT2D eigenvalue weighted by molar-refractivity contribution is 6.23. The molecule has 9 aromatic carbocycles. The standard InChI is InChI=1S/C52H32O2/c1-2-11-32-26-37(21-20-31(32)10-1)51-40-16-5-3-14-38(40)50(39-15-4-6-17-41(39)51)36-13-9-12-33(27-36)34-22-24-47-44(28-34)45-30-43-35(29-49(45)54-47)23-25-48-52(43)42-18-7-8-19-46(42)53-48/h1-8,10-12,14-30H,9,13H2. The molecule has 252 valence electrons. The Morgan fingerprint density at radius 2 is 0.981 bits per heavy atom. The van der Waals surface area contributed by atoms with E-state index in [4.69, 9.17) is 8.83 Å². The maximum Gasteiger partial charge on any atom is 0.136 e. The normalized spacial score (nSPS) is 13.6. The lowest BCUT2D eigenvalue weighted by atomic mass is 9.82. The molecule has 0 saturated heterocycles. The third kappa shape index (κ3) is 4.34. The highest BCUT2D eigenvalue weighted by Crippen LogP contribution is 2.45. The van der Waals surface area contributed by atoms with Gasteiger partial charge in [0.25, 0.3) is 0 Å². The molecular weight excluding hydrogens is 657 g/mol. The van der Waals surface area contributed by atoms with Crippen molar-refractivity contribution in [2.24, 2.45) is 0 Å². The number of hydrogen-bond donors (Lipinski definition) is 0. The van der Waals surface area contributed by atoms with Crippen LogP contribution in [0, 0.1) is 0 Å². The molecule has 2 heterocycles. The molecule has 0 bridgehead atoms. The van der Waals surface area contributed by atoms with Crippen LogP contribution in [0.2, 0.25) is 0 Å². The summed E-state index contributed by atoms with van der Waals surface area (Å²) in [5, 5.41) is 14.6. The van der Waals surface area contributed by atoms with Gasteiger partial charge in [0.2, 0.25) is 0 Å². The van der Waals surface area contributed by atoms with E-state index in [9.17, 15) is 0 Å². The van der Waals surface area contributed by atoms with Crippen LogP contribution in [-0.2, 0) is 0 Å². The van der Waals surface area contributed by atoms with Gasteiger partial charge in [-0.1, -0.05) is 127 Å². The quantitative estimate of drug-likeness (QED) is 0.173. The Balaban J connectivity index is 1.03. The fraction of sp³-hybridized carbons (Fsp3) is 0.0385. The van der Waals surface area contributed by atoms with Gasteiger partial charge in [-0.25, -0.2) is 0 Å². The summed E-state index contributed by atoms with van der Waals surface area (Å²) in [6.45, 7) is 0. The minimum atomic E-state index is 0.902. The van der Waals surface area contributed by atoms with E-state index >= 15 is 0 Å². The van der Waals surface area contributed by atoms with Crippen molar-refractivity contribution in [2.75, 3.05) is 0 Å². The summed E-state index contributed by atoms with van der Waals surface area (Å²) in [6, 6.07) is 57.2. The van der Waals surface area contributed by atoms with Gasteiger partial charge in [0.05, 0.1) is 0 Å². The molecule has 0 spiro atoms. The minimum Gasteiger partial charge on any atom is -0.456 e. The summed E-state index contributed by atoms with van der Waals surface area (Å²) in [5.74, 6) is 0. The van der Waals surface area contributed by atoms with Crippen LogP contribution in [-0.4, -0.2) is 0 Å². The largest absolute Gasteiger partial charge is 0.456 e. The molecule has 0 N–H and O–H groups in total. The maximum absolute atomic E-state index is 6.48. The van der Waals surface area contributed by atoms with E-state index in [0.29, 0.717) is 0 Å². The van der Waals surface area contributed by atoms with Gasteiger partial charge < -0.3 is 8.83 Å². The van der Waals surface area contributed by atoms with Crippen molar-refractivity contribution in [3.63, 3.8) is 0 Å². The van der Waals surface area contributed by atoms with Crippen LogP contribution in [0.1, 0.15) is 24.0 Å². The van der Waals surface area contributed by atoms with Crippen molar-refractivity contribution < 1.29 is 8.83 Å². The molecule has 2 heteroatoms. The maximum atomic E-state index is 6.48. The lowest BCUT2D eigenvalue weighted by Crippen LogP contribution is -1.97. The Bertz CT molecular complexity index is 3380. The molecule has 1 aliphatic rings. The summed E-state index contributed by atoms with van der Waals surface area (Å²) < 4.78 is 12.7. The van der Waals surface area contributed by atoms with E-state index in [-0.39, 0.29) is 0 Å². The Kier molecular flexibility index (Phi) is 6.20. The molecule has 0 atom stereocenters. The average Bonchev–Trinajstić information content (AvgIpc) is 3.79. The highest BCUT2D eigenvalue weighted by Gasteiger charge is 2.21. The summed E-state index contributed by atoms with van der Waals surface area (Å²) in [5.41, 5.74) is 11.4. The van der Waals surface area contributed by atoms with E-state index < -0.39 is 0 Å². The predicted molar refractivity (Wildman–Crippen MR) is 228 cm³/mol. The van der Waals surface area contributed by atoms with Crippen LogP contribution < -0.4 is 0 Å². The third-order valence-corrected chi connectivity index (χ3v) is 11.7. The first-order valence-corrected chi connectivity index (χ1v) is 18.8. The number of rotatable bonds is 3. The van der Waals surface area contributed by atoms with Crippen LogP contribution in [0.25, 0.3) is 109 Å². The molecular formula is C52H32O2. The first-order valence-electron chi connectivity index (χ1n) is 18.8. The van der Waals surface area contributed by atoms with Crippen LogP contribution in [0.15, 0.2) is 179 Å². The van der Waals surface area contributed by atoms with Crippen LogP contribution >= 0.6 is 0 Å². The molecule has 0 unspecified atom stereocenters. The van der Waals surface area contributed by atoms with Gasteiger partial charge in [-0.2, -0.15) is 0 Å². The molecule has 1 aliphatic carbocycles. The molecule has 0 amide bonds. The molecule has 12 rings (SSSR count). The second-order valence-corrected chi connectivity index (χ2v) is 14.7. The SMILES string of the molecule is C1=C(c2ccc3oc4cc5ccc6oc7ccccc7c6c5cc4c3c2)C=C(c2c3ccccc3c(-c3ccc4ccccc4c3)c3ccccc23)CC1. The van der Waals surface area contributed by atoms with E-state index in [2.05, 4.69) is 158 Å². The van der Waals surface area contributed by atoms with Crippen LogP contribution in [0.5, 0.6) is 0 Å². The Hall–Kier alpha value is -6.90. The fourth-order valence-corrected chi connectivity index (χ4v) is 9.23. The van der Waals surface area contributed by atoms with Crippen molar-refractivity contribution in [1.82, 2.24) is 0 Å². The summed E-state index contributed by atoms with van der Waals surface area (Å²) in [4.78, 5) is 0. The van der Waals surface area contributed by atoms with Gasteiger partial charge in [0.1, 0.15) is 22.3 Å². The first-order chi connectivity index (χ1) is 26.7. The zero-order valence-electron chi connectivity index (χ0n) is 29.4. The summed E-state index contributed by atoms with van der Waals surface area (Å²) in [7, 11) is 0. The topological polar surface area (TPSA) is 26.3 Å². The van der Waals surface area contributed by atoms with Gasteiger partial charge in [-0.15, -0.1) is 0 Å². The monoisotopic (exact) mass is 688 g/mol. The Morgan fingerprint density at radius 1 is 0.370 bits per heavy atom. The Labute approximate surface area is 310 Å². The van der Waals surface area contributed by atoms with Gasteiger partial charge in [-0.3, -0.25) is 0 Å². The number of allylic oxidation sites excluding steroid dienone is 4. The van der Waals surface area contributed by atoms with Crippen molar-refractivity contribution in [3.8, 4) is 11.1 Å². The molecule has 0 fully saturated rings. The van der Waals surface area contributed by atoms with E-state index in [1.165, 1.54) is 71.1 Å². The molecule has 2 aromatic heterocycles. The van der Waals surface area contributed by atoms with Gasteiger partial charge in [-0.05, 0) is 132 Å². The molecule has 2 nitrogen and oxygen atoms in total. The first kappa shape index (κ1) is 29.7. The highest BCUT2D eigenvalue weighted by atomic mass is 16.3. The number of furan rings is 2. The predicted octanol–water partition coefficient (Wildman–Crippen LogP) is 15.0. The number of fused-ring (bicyclic) bond motifs is 11.